The molecule has 96 valence electrons. The summed E-state index contributed by atoms with van der Waals surface area (Å²) in [6, 6.07) is 6.75. The number of pyridine rings is 1. The number of nitrogens with one attached hydrogen (secondary N) is 2. The molecule has 0 aliphatic carbocycles. The van der Waals surface area contributed by atoms with E-state index in [-0.39, 0.29) is 0 Å². The standard InChI is InChI=1S/C11H13N3O2S2/c1-12-8-10-4-5-11(17-10)18(15,16)14-9-3-2-6-13-7-9/h2-7,12,14H,8H2,1H3. The number of hydrogen-bond donors (Lipinski definition) is 2. The van der Waals surface area contributed by atoms with Gasteiger partial charge in [-0.1, -0.05) is 0 Å². The van der Waals surface area contributed by atoms with Gasteiger partial charge in [0.25, 0.3) is 10.0 Å². The van der Waals surface area contributed by atoms with E-state index in [4.69, 9.17) is 0 Å². The van der Waals surface area contributed by atoms with E-state index in [0.29, 0.717) is 16.4 Å². The third-order valence-corrected chi connectivity index (χ3v) is 5.12. The first-order valence-corrected chi connectivity index (χ1v) is 7.58. The number of aromatic nitrogens is 1. The first-order valence-electron chi connectivity index (χ1n) is 5.28. The van der Waals surface area contributed by atoms with Gasteiger partial charge in [-0.05, 0) is 31.3 Å². The lowest BCUT2D eigenvalue weighted by atomic mass is 10.4. The predicted molar refractivity (Wildman–Crippen MR) is 72.1 cm³/mol. The Kier molecular flexibility index (Phi) is 3.95. The molecule has 0 bridgehead atoms. The van der Waals surface area contributed by atoms with E-state index in [1.807, 2.05) is 7.05 Å². The number of nitrogens with zero attached hydrogens (tertiary/aromatic N) is 1. The fourth-order valence-electron chi connectivity index (χ4n) is 1.40. The van der Waals surface area contributed by atoms with E-state index >= 15 is 0 Å². The van der Waals surface area contributed by atoms with Gasteiger partial charge < -0.3 is 5.32 Å². The lowest BCUT2D eigenvalue weighted by Gasteiger charge is -2.04. The van der Waals surface area contributed by atoms with E-state index in [0.717, 1.165) is 4.88 Å². The van der Waals surface area contributed by atoms with Gasteiger partial charge in [-0.2, -0.15) is 0 Å². The number of rotatable bonds is 5. The first-order chi connectivity index (χ1) is 8.62. The molecule has 2 heterocycles. The van der Waals surface area contributed by atoms with Crippen LogP contribution in [0.15, 0.2) is 40.9 Å². The van der Waals surface area contributed by atoms with Crippen molar-refractivity contribution in [3.8, 4) is 0 Å². The van der Waals surface area contributed by atoms with E-state index in [1.54, 1.807) is 30.5 Å². The van der Waals surface area contributed by atoms with Crippen LogP contribution in [-0.4, -0.2) is 20.4 Å². The molecule has 7 heteroatoms. The van der Waals surface area contributed by atoms with Gasteiger partial charge >= 0.3 is 0 Å². The highest BCUT2D eigenvalue weighted by atomic mass is 32.2. The summed E-state index contributed by atoms with van der Waals surface area (Å²) in [5.41, 5.74) is 0.459. The van der Waals surface area contributed by atoms with Crippen LogP contribution in [0.1, 0.15) is 4.88 Å². The third kappa shape index (κ3) is 3.06. The molecule has 0 aromatic carbocycles. The van der Waals surface area contributed by atoms with Crippen molar-refractivity contribution in [1.82, 2.24) is 10.3 Å². The Balaban J connectivity index is 2.20. The van der Waals surface area contributed by atoms with Crippen LogP contribution < -0.4 is 10.0 Å². The SMILES string of the molecule is CNCc1ccc(S(=O)(=O)Nc2cccnc2)s1. The maximum absolute atomic E-state index is 12.1. The van der Waals surface area contributed by atoms with Crippen LogP contribution >= 0.6 is 11.3 Å². The second-order valence-electron chi connectivity index (χ2n) is 3.60. The summed E-state index contributed by atoms with van der Waals surface area (Å²) in [6.45, 7) is 0.660. The van der Waals surface area contributed by atoms with Crippen LogP contribution in [0, 0.1) is 0 Å². The van der Waals surface area contributed by atoms with Crippen molar-refractivity contribution >= 4 is 27.0 Å². The quantitative estimate of drug-likeness (QED) is 0.875. The Morgan fingerprint density at radius 2 is 2.17 bits per heavy atom. The van der Waals surface area contributed by atoms with Crippen molar-refractivity contribution in [1.29, 1.82) is 0 Å². The maximum atomic E-state index is 12.1. The van der Waals surface area contributed by atoms with Crippen LogP contribution in [0.4, 0.5) is 5.69 Å². The minimum Gasteiger partial charge on any atom is -0.315 e. The normalized spacial score (nSPS) is 11.4. The minimum absolute atomic E-state index is 0.302. The Morgan fingerprint density at radius 1 is 1.33 bits per heavy atom. The van der Waals surface area contributed by atoms with E-state index in [9.17, 15) is 8.42 Å². The summed E-state index contributed by atoms with van der Waals surface area (Å²) < 4.78 is 26.9. The summed E-state index contributed by atoms with van der Waals surface area (Å²) in [7, 11) is -1.69. The van der Waals surface area contributed by atoms with Crippen LogP contribution in [0.25, 0.3) is 0 Å². The van der Waals surface area contributed by atoms with Crippen molar-refractivity contribution < 1.29 is 8.42 Å². The van der Waals surface area contributed by atoms with Gasteiger partial charge in [-0.25, -0.2) is 8.42 Å². The summed E-state index contributed by atoms with van der Waals surface area (Å²) in [4.78, 5) is 4.84. The van der Waals surface area contributed by atoms with Gasteiger partial charge in [0, 0.05) is 17.6 Å². The van der Waals surface area contributed by atoms with Gasteiger partial charge in [-0.3, -0.25) is 9.71 Å². The fraction of sp³-hybridized carbons (Fsp3) is 0.182. The van der Waals surface area contributed by atoms with Gasteiger partial charge in [0.15, 0.2) is 0 Å². The average Bonchev–Trinajstić information content (AvgIpc) is 2.80. The number of anilines is 1. The molecule has 2 aromatic rings. The van der Waals surface area contributed by atoms with Crippen molar-refractivity contribution in [3.05, 3.63) is 41.5 Å². The summed E-state index contributed by atoms with van der Waals surface area (Å²) in [5, 5.41) is 2.98. The second kappa shape index (κ2) is 5.47. The van der Waals surface area contributed by atoms with E-state index in [1.165, 1.54) is 17.5 Å². The highest BCUT2D eigenvalue weighted by Gasteiger charge is 2.16. The number of hydrogen-bond acceptors (Lipinski definition) is 5. The van der Waals surface area contributed by atoms with Crippen molar-refractivity contribution in [2.24, 2.45) is 0 Å². The molecule has 0 unspecified atom stereocenters. The van der Waals surface area contributed by atoms with Gasteiger partial charge in [0.2, 0.25) is 0 Å². The largest absolute Gasteiger partial charge is 0.315 e. The number of sulfonamides is 1. The molecule has 18 heavy (non-hydrogen) atoms. The molecule has 0 spiro atoms. The Labute approximate surface area is 110 Å². The molecule has 0 atom stereocenters. The Hall–Kier alpha value is -1.44. The average molecular weight is 283 g/mol. The lowest BCUT2D eigenvalue weighted by Crippen LogP contribution is -2.11. The third-order valence-electron chi connectivity index (χ3n) is 2.17. The van der Waals surface area contributed by atoms with Crippen LogP contribution in [-0.2, 0) is 16.6 Å². The Morgan fingerprint density at radius 3 is 2.83 bits per heavy atom. The van der Waals surface area contributed by atoms with Gasteiger partial charge in [0.1, 0.15) is 4.21 Å². The fourth-order valence-corrected chi connectivity index (χ4v) is 3.81. The highest BCUT2D eigenvalue weighted by Crippen LogP contribution is 2.23. The molecule has 0 aliphatic rings. The molecular formula is C11H13N3O2S2. The van der Waals surface area contributed by atoms with Crippen LogP contribution in [0.2, 0.25) is 0 Å². The second-order valence-corrected chi connectivity index (χ2v) is 6.68. The zero-order chi connectivity index (χ0) is 13.0. The van der Waals surface area contributed by atoms with Crippen molar-refractivity contribution in [3.63, 3.8) is 0 Å². The summed E-state index contributed by atoms with van der Waals surface area (Å²) >= 11 is 1.25. The van der Waals surface area contributed by atoms with Gasteiger partial charge in [-0.15, -0.1) is 11.3 Å². The zero-order valence-corrected chi connectivity index (χ0v) is 11.4. The highest BCUT2D eigenvalue weighted by molar-refractivity contribution is 7.94. The molecule has 0 saturated carbocycles. The first kappa shape index (κ1) is 13.0. The molecule has 0 fully saturated rings. The predicted octanol–water partition coefficient (Wildman–Crippen LogP) is 1.66. The summed E-state index contributed by atoms with van der Waals surface area (Å²) in [6.07, 6.45) is 3.06. The number of thiophene rings is 1. The molecule has 2 N–H and O–H groups in total. The van der Waals surface area contributed by atoms with Crippen LogP contribution in [0.5, 0.6) is 0 Å². The molecule has 2 rings (SSSR count). The van der Waals surface area contributed by atoms with Crippen molar-refractivity contribution in [2.75, 3.05) is 11.8 Å². The molecule has 0 amide bonds. The lowest BCUT2D eigenvalue weighted by molar-refractivity contribution is 0.603. The molecule has 5 nitrogen and oxygen atoms in total. The molecule has 0 saturated heterocycles. The molecule has 2 aromatic heterocycles. The maximum Gasteiger partial charge on any atom is 0.271 e. The molecular weight excluding hydrogens is 270 g/mol. The summed E-state index contributed by atoms with van der Waals surface area (Å²) in [5.74, 6) is 0. The molecule has 0 aliphatic heterocycles. The molecule has 0 radical (unpaired) electrons. The minimum atomic E-state index is -3.51. The van der Waals surface area contributed by atoms with Gasteiger partial charge in [0.05, 0.1) is 11.9 Å². The van der Waals surface area contributed by atoms with E-state index in [2.05, 4.69) is 15.0 Å². The topological polar surface area (TPSA) is 71.1 Å². The smallest absolute Gasteiger partial charge is 0.271 e. The van der Waals surface area contributed by atoms with Crippen molar-refractivity contribution in [2.45, 2.75) is 10.8 Å². The zero-order valence-electron chi connectivity index (χ0n) is 9.75. The van der Waals surface area contributed by atoms with Crippen LogP contribution in [0.3, 0.4) is 0 Å². The Bertz CT molecular complexity index is 608. The monoisotopic (exact) mass is 283 g/mol. The van der Waals surface area contributed by atoms with E-state index < -0.39 is 10.0 Å².